The van der Waals surface area contributed by atoms with Gasteiger partial charge in [0.05, 0.1) is 17.3 Å². The van der Waals surface area contributed by atoms with Gasteiger partial charge < -0.3 is 4.90 Å². The third kappa shape index (κ3) is 3.14. The van der Waals surface area contributed by atoms with Crippen LogP contribution in [-0.4, -0.2) is 32.5 Å². The molecule has 0 bridgehead atoms. The maximum absolute atomic E-state index is 11.7. The fourth-order valence-electron chi connectivity index (χ4n) is 1.86. The van der Waals surface area contributed by atoms with Crippen molar-refractivity contribution in [2.45, 2.75) is 11.8 Å². The van der Waals surface area contributed by atoms with Gasteiger partial charge in [-0.15, -0.1) is 11.6 Å². The maximum Gasteiger partial charge on any atom is 0.229 e. The highest BCUT2D eigenvalue weighted by Gasteiger charge is 2.29. The molecule has 1 aromatic rings. The van der Waals surface area contributed by atoms with E-state index in [-0.39, 0.29) is 11.3 Å². The van der Waals surface area contributed by atoms with Crippen LogP contribution in [0.15, 0.2) is 24.3 Å². The second-order valence-electron chi connectivity index (χ2n) is 4.23. The zero-order valence-electron chi connectivity index (χ0n) is 9.76. The molecule has 1 fully saturated rings. The number of halogens is 1. The number of nitrogens with one attached hydrogen (secondary N) is 1. The lowest BCUT2D eigenvalue weighted by Gasteiger charge is -2.17. The first-order chi connectivity index (χ1) is 8.35. The second-order valence-corrected chi connectivity index (χ2v) is 6.60. The Morgan fingerprint density at radius 2 is 2.17 bits per heavy atom. The number of alkyl halides is 1. The number of hydrogen-bond acceptors (Lipinski definition) is 3. The average molecular weight is 289 g/mol. The Kier molecular flexibility index (Phi) is 3.49. The Bertz CT molecular complexity index is 573. The van der Waals surface area contributed by atoms with Gasteiger partial charge in [0, 0.05) is 18.7 Å². The topological polar surface area (TPSA) is 66.5 Å². The predicted molar refractivity (Wildman–Crippen MR) is 71.5 cm³/mol. The van der Waals surface area contributed by atoms with Crippen molar-refractivity contribution in [2.75, 3.05) is 22.4 Å². The van der Waals surface area contributed by atoms with Gasteiger partial charge in [-0.05, 0) is 18.2 Å². The first kappa shape index (κ1) is 13.2. The van der Waals surface area contributed by atoms with Crippen molar-refractivity contribution in [1.29, 1.82) is 0 Å². The summed E-state index contributed by atoms with van der Waals surface area (Å²) in [5.74, 6) is -0.0495. The molecule has 0 spiro atoms. The van der Waals surface area contributed by atoms with Crippen LogP contribution in [0, 0.1) is 0 Å². The largest absolute Gasteiger partial charge is 0.311 e. The summed E-state index contributed by atoms with van der Waals surface area (Å²) < 4.78 is 24.6. The zero-order chi connectivity index (χ0) is 13.3. The minimum absolute atomic E-state index is 0.0495. The van der Waals surface area contributed by atoms with Gasteiger partial charge in [0.2, 0.25) is 15.9 Å². The summed E-state index contributed by atoms with van der Waals surface area (Å²) >= 11 is 5.92. The van der Waals surface area contributed by atoms with Crippen LogP contribution < -0.4 is 9.62 Å². The molecule has 1 aliphatic rings. The molecule has 0 saturated carbocycles. The smallest absolute Gasteiger partial charge is 0.229 e. The van der Waals surface area contributed by atoms with Gasteiger partial charge >= 0.3 is 0 Å². The molecule has 0 radical (unpaired) electrons. The van der Waals surface area contributed by atoms with Crippen LogP contribution >= 0.6 is 11.6 Å². The van der Waals surface area contributed by atoms with E-state index in [0.717, 1.165) is 6.26 Å². The minimum Gasteiger partial charge on any atom is -0.311 e. The first-order valence-corrected chi connectivity index (χ1v) is 7.70. The van der Waals surface area contributed by atoms with Gasteiger partial charge in [0.1, 0.15) is 0 Å². The van der Waals surface area contributed by atoms with E-state index in [4.69, 9.17) is 11.6 Å². The lowest BCUT2D eigenvalue weighted by molar-refractivity contribution is -0.117. The third-order valence-electron chi connectivity index (χ3n) is 2.54. The normalized spacial score (nSPS) is 20.2. The molecule has 1 amide bonds. The van der Waals surface area contributed by atoms with E-state index in [2.05, 4.69) is 4.72 Å². The molecule has 18 heavy (non-hydrogen) atoms. The van der Waals surface area contributed by atoms with E-state index < -0.39 is 10.0 Å². The van der Waals surface area contributed by atoms with E-state index in [1.807, 2.05) is 0 Å². The number of carbonyl (C=O) groups is 1. The van der Waals surface area contributed by atoms with E-state index in [0.29, 0.717) is 24.3 Å². The minimum atomic E-state index is -3.32. The van der Waals surface area contributed by atoms with E-state index in [1.54, 1.807) is 29.2 Å². The van der Waals surface area contributed by atoms with Crippen LogP contribution in [0.2, 0.25) is 0 Å². The quantitative estimate of drug-likeness (QED) is 0.855. The van der Waals surface area contributed by atoms with Crippen LogP contribution in [-0.2, 0) is 14.8 Å². The van der Waals surface area contributed by atoms with Crippen LogP contribution in [0.25, 0.3) is 0 Å². The Balaban J connectivity index is 2.25. The number of sulfonamides is 1. The standard InChI is InChI=1S/C11H13ClN2O3S/c1-18(16,17)13-9-3-2-4-10(6-9)14-7-8(12)5-11(14)15/h2-4,6,8,13H,5,7H2,1H3. The number of anilines is 2. The zero-order valence-corrected chi connectivity index (χ0v) is 11.3. The molecule has 7 heteroatoms. The highest BCUT2D eigenvalue weighted by molar-refractivity contribution is 7.92. The number of amides is 1. The predicted octanol–water partition coefficient (Wildman–Crippen LogP) is 1.40. The molecule has 1 heterocycles. The van der Waals surface area contributed by atoms with Crippen molar-refractivity contribution in [3.05, 3.63) is 24.3 Å². The number of rotatable bonds is 3. The van der Waals surface area contributed by atoms with Crippen molar-refractivity contribution in [3.63, 3.8) is 0 Å². The van der Waals surface area contributed by atoms with Gasteiger partial charge in [-0.25, -0.2) is 8.42 Å². The molecule has 2 rings (SSSR count). The SMILES string of the molecule is CS(=O)(=O)Nc1cccc(N2CC(Cl)CC2=O)c1. The molecule has 98 valence electrons. The second kappa shape index (κ2) is 4.78. The summed E-state index contributed by atoms with van der Waals surface area (Å²) in [5, 5.41) is -0.191. The highest BCUT2D eigenvalue weighted by Crippen LogP contribution is 2.26. The number of nitrogens with zero attached hydrogens (tertiary/aromatic N) is 1. The first-order valence-electron chi connectivity index (χ1n) is 5.37. The van der Waals surface area contributed by atoms with Crippen LogP contribution in [0.1, 0.15) is 6.42 Å². The van der Waals surface area contributed by atoms with E-state index in [9.17, 15) is 13.2 Å². The summed E-state index contributed by atoms with van der Waals surface area (Å²) in [6.45, 7) is 0.447. The molecule has 1 saturated heterocycles. The molecule has 1 unspecified atom stereocenters. The van der Waals surface area contributed by atoms with Gasteiger partial charge in [0.15, 0.2) is 0 Å². The molecule has 1 aromatic carbocycles. The maximum atomic E-state index is 11.7. The van der Waals surface area contributed by atoms with Crippen molar-refractivity contribution < 1.29 is 13.2 Å². The van der Waals surface area contributed by atoms with Gasteiger partial charge in [0.25, 0.3) is 0 Å². The Morgan fingerprint density at radius 1 is 1.44 bits per heavy atom. The number of hydrogen-bond donors (Lipinski definition) is 1. The number of benzene rings is 1. The summed E-state index contributed by atoms with van der Waals surface area (Å²) in [6, 6.07) is 6.69. The summed E-state index contributed by atoms with van der Waals surface area (Å²) in [6.07, 6.45) is 1.39. The lowest BCUT2D eigenvalue weighted by Crippen LogP contribution is -2.24. The van der Waals surface area contributed by atoms with Crippen molar-refractivity contribution in [2.24, 2.45) is 0 Å². The van der Waals surface area contributed by atoms with Crippen LogP contribution in [0.4, 0.5) is 11.4 Å². The Morgan fingerprint density at radius 3 is 2.72 bits per heavy atom. The number of carbonyl (C=O) groups excluding carboxylic acids is 1. The van der Waals surface area contributed by atoms with Crippen LogP contribution in [0.5, 0.6) is 0 Å². The molecule has 1 atom stereocenters. The van der Waals surface area contributed by atoms with Gasteiger partial charge in [-0.1, -0.05) is 6.07 Å². The van der Waals surface area contributed by atoms with Crippen molar-refractivity contribution in [3.8, 4) is 0 Å². The van der Waals surface area contributed by atoms with Crippen LogP contribution in [0.3, 0.4) is 0 Å². The van der Waals surface area contributed by atoms with Gasteiger partial charge in [-0.3, -0.25) is 9.52 Å². The highest BCUT2D eigenvalue weighted by atomic mass is 35.5. The Labute approximate surface area is 111 Å². The summed E-state index contributed by atoms with van der Waals surface area (Å²) in [4.78, 5) is 13.2. The Hall–Kier alpha value is -1.27. The molecule has 1 N–H and O–H groups in total. The van der Waals surface area contributed by atoms with Gasteiger partial charge in [-0.2, -0.15) is 0 Å². The lowest BCUT2D eigenvalue weighted by atomic mass is 10.2. The fourth-order valence-corrected chi connectivity index (χ4v) is 2.69. The van der Waals surface area contributed by atoms with E-state index in [1.165, 1.54) is 0 Å². The van der Waals surface area contributed by atoms with E-state index >= 15 is 0 Å². The summed E-state index contributed by atoms with van der Waals surface area (Å²) in [5.41, 5.74) is 1.08. The monoisotopic (exact) mass is 288 g/mol. The molecular weight excluding hydrogens is 276 g/mol. The average Bonchev–Trinajstić information content (AvgIpc) is 2.55. The molecular formula is C11H13ClN2O3S. The molecule has 5 nitrogen and oxygen atoms in total. The third-order valence-corrected chi connectivity index (χ3v) is 3.44. The van der Waals surface area contributed by atoms with Crippen molar-refractivity contribution >= 4 is 38.9 Å². The molecule has 0 aliphatic carbocycles. The summed E-state index contributed by atoms with van der Waals surface area (Å²) in [7, 11) is -3.32. The van der Waals surface area contributed by atoms with Crippen molar-refractivity contribution in [1.82, 2.24) is 0 Å². The molecule has 1 aliphatic heterocycles. The fraction of sp³-hybridized carbons (Fsp3) is 0.364. The molecule has 0 aromatic heterocycles.